The first kappa shape index (κ1) is 23.0. The number of amides is 2. The first-order valence-corrected chi connectivity index (χ1v) is 12.1. The van der Waals surface area contributed by atoms with Crippen LogP contribution in [0.4, 0.5) is 5.69 Å². The number of thiophene rings is 1. The average Bonchev–Trinajstić information content (AvgIpc) is 3.13. The summed E-state index contributed by atoms with van der Waals surface area (Å²) in [6, 6.07) is 10.2. The third-order valence-corrected chi connectivity index (χ3v) is 7.23. The van der Waals surface area contributed by atoms with Crippen LogP contribution in [0.15, 0.2) is 41.5 Å². The predicted molar refractivity (Wildman–Crippen MR) is 131 cm³/mol. The van der Waals surface area contributed by atoms with Gasteiger partial charge in [0, 0.05) is 49.7 Å². The minimum atomic E-state index is -0.258. The van der Waals surface area contributed by atoms with Crippen LogP contribution in [0.2, 0.25) is 0 Å². The summed E-state index contributed by atoms with van der Waals surface area (Å²) in [4.78, 5) is 47.8. The van der Waals surface area contributed by atoms with E-state index in [-0.39, 0.29) is 23.9 Å². The lowest BCUT2D eigenvalue weighted by Gasteiger charge is -2.36. The second-order valence-corrected chi connectivity index (χ2v) is 9.50. The van der Waals surface area contributed by atoms with Crippen molar-refractivity contribution in [3.05, 3.63) is 57.5 Å². The van der Waals surface area contributed by atoms with E-state index in [4.69, 9.17) is 0 Å². The zero-order valence-corrected chi connectivity index (χ0v) is 19.9. The number of benzene rings is 1. The summed E-state index contributed by atoms with van der Waals surface area (Å²) >= 11 is 1.49. The minimum Gasteiger partial charge on any atom is -0.368 e. The van der Waals surface area contributed by atoms with Crippen LogP contribution < -0.4 is 15.8 Å². The number of carbonyl (C=O) groups is 2. The van der Waals surface area contributed by atoms with E-state index in [1.54, 1.807) is 0 Å². The average molecular weight is 468 g/mol. The number of carbonyl (C=O) groups excluding carboxylic acids is 2. The summed E-state index contributed by atoms with van der Waals surface area (Å²) in [5.41, 5.74) is 1.91. The molecule has 1 aromatic carbocycles. The van der Waals surface area contributed by atoms with Crippen molar-refractivity contribution < 1.29 is 9.59 Å². The molecule has 0 bridgehead atoms. The van der Waals surface area contributed by atoms with Crippen molar-refractivity contribution in [2.45, 2.75) is 33.2 Å². The van der Waals surface area contributed by atoms with Gasteiger partial charge in [0.1, 0.15) is 11.4 Å². The second kappa shape index (κ2) is 10.2. The summed E-state index contributed by atoms with van der Waals surface area (Å²) in [7, 11) is 0. The van der Waals surface area contributed by atoms with Gasteiger partial charge in [0.05, 0.1) is 11.7 Å². The van der Waals surface area contributed by atoms with E-state index < -0.39 is 0 Å². The minimum absolute atomic E-state index is 0.0779. The van der Waals surface area contributed by atoms with Crippen molar-refractivity contribution >= 4 is 39.1 Å². The molecule has 0 unspecified atom stereocenters. The molecule has 0 aliphatic carbocycles. The lowest BCUT2D eigenvalue weighted by atomic mass is 10.2. The van der Waals surface area contributed by atoms with E-state index in [2.05, 4.69) is 27.3 Å². The van der Waals surface area contributed by atoms with Gasteiger partial charge < -0.3 is 15.1 Å². The smallest absolute Gasteiger partial charge is 0.262 e. The van der Waals surface area contributed by atoms with Gasteiger partial charge in [0.25, 0.3) is 5.56 Å². The molecule has 1 aliphatic heterocycles. The van der Waals surface area contributed by atoms with Crippen LogP contribution in [-0.2, 0) is 16.1 Å². The summed E-state index contributed by atoms with van der Waals surface area (Å²) in [6.45, 7) is 7.25. The molecule has 33 heavy (non-hydrogen) atoms. The number of hydrogen-bond acceptors (Lipinski definition) is 6. The Bertz CT molecular complexity index is 1200. The fourth-order valence-corrected chi connectivity index (χ4v) is 5.06. The van der Waals surface area contributed by atoms with Crippen molar-refractivity contribution in [2.75, 3.05) is 37.6 Å². The normalized spacial score (nSPS) is 14.0. The van der Waals surface area contributed by atoms with Gasteiger partial charge in [-0.3, -0.25) is 19.0 Å². The summed E-state index contributed by atoms with van der Waals surface area (Å²) in [5, 5.41) is 3.40. The SMILES string of the molecule is Cc1sc2ncn(CC(=O)NCCCC(=O)N3CCN(c4ccccc4)CC3)c(=O)c2c1C. The molecule has 0 saturated carbocycles. The van der Waals surface area contributed by atoms with Crippen LogP contribution in [0.3, 0.4) is 0 Å². The Balaban J connectivity index is 1.20. The summed E-state index contributed by atoms with van der Waals surface area (Å²) in [5.74, 6) is -0.141. The summed E-state index contributed by atoms with van der Waals surface area (Å²) in [6.07, 6.45) is 2.39. The highest BCUT2D eigenvalue weighted by molar-refractivity contribution is 7.18. The maximum absolute atomic E-state index is 12.7. The Kier molecular flexibility index (Phi) is 7.08. The topological polar surface area (TPSA) is 87.5 Å². The molecule has 174 valence electrons. The molecule has 9 heteroatoms. The number of aromatic nitrogens is 2. The molecule has 0 radical (unpaired) electrons. The second-order valence-electron chi connectivity index (χ2n) is 8.30. The number of para-hydroxylation sites is 1. The van der Waals surface area contributed by atoms with Gasteiger partial charge in [-0.05, 0) is 38.0 Å². The Hall–Kier alpha value is -3.20. The van der Waals surface area contributed by atoms with Crippen molar-refractivity contribution in [1.82, 2.24) is 19.8 Å². The van der Waals surface area contributed by atoms with Crippen LogP contribution in [0.5, 0.6) is 0 Å². The molecule has 8 nitrogen and oxygen atoms in total. The van der Waals surface area contributed by atoms with Gasteiger partial charge in [-0.2, -0.15) is 0 Å². The number of anilines is 1. The molecule has 1 fully saturated rings. The molecule has 1 N–H and O–H groups in total. The van der Waals surface area contributed by atoms with Crippen molar-refractivity contribution in [3.63, 3.8) is 0 Å². The molecular formula is C24H29N5O3S. The van der Waals surface area contributed by atoms with Crippen LogP contribution in [0.25, 0.3) is 10.2 Å². The molecule has 0 atom stereocenters. The fraction of sp³-hybridized carbons (Fsp3) is 0.417. The number of aryl methyl sites for hydroxylation is 2. The van der Waals surface area contributed by atoms with Crippen LogP contribution in [0, 0.1) is 13.8 Å². The summed E-state index contributed by atoms with van der Waals surface area (Å²) < 4.78 is 1.34. The molecule has 2 aromatic heterocycles. The van der Waals surface area contributed by atoms with E-state index in [9.17, 15) is 14.4 Å². The van der Waals surface area contributed by atoms with E-state index in [1.807, 2.05) is 36.9 Å². The molecule has 1 aliphatic rings. The Morgan fingerprint density at radius 1 is 1.09 bits per heavy atom. The number of piperazine rings is 1. The fourth-order valence-electron chi connectivity index (χ4n) is 4.07. The Morgan fingerprint density at radius 2 is 1.82 bits per heavy atom. The van der Waals surface area contributed by atoms with Crippen LogP contribution >= 0.6 is 11.3 Å². The maximum Gasteiger partial charge on any atom is 0.262 e. The van der Waals surface area contributed by atoms with Crippen molar-refractivity contribution in [2.24, 2.45) is 0 Å². The van der Waals surface area contributed by atoms with E-state index in [1.165, 1.54) is 27.9 Å². The predicted octanol–water partition coefficient (Wildman–Crippen LogP) is 2.32. The van der Waals surface area contributed by atoms with Gasteiger partial charge in [-0.1, -0.05) is 18.2 Å². The number of rotatable bonds is 7. The lowest BCUT2D eigenvalue weighted by molar-refractivity contribution is -0.131. The van der Waals surface area contributed by atoms with Crippen LogP contribution in [-0.4, -0.2) is 59.0 Å². The number of nitrogens with one attached hydrogen (secondary N) is 1. The van der Waals surface area contributed by atoms with Crippen molar-refractivity contribution in [3.8, 4) is 0 Å². The highest BCUT2D eigenvalue weighted by Gasteiger charge is 2.21. The van der Waals surface area contributed by atoms with Gasteiger partial charge in [-0.25, -0.2) is 4.98 Å². The Morgan fingerprint density at radius 3 is 2.55 bits per heavy atom. The quantitative estimate of drug-likeness (QED) is 0.539. The lowest BCUT2D eigenvalue weighted by Crippen LogP contribution is -2.48. The Labute approximate surface area is 196 Å². The highest BCUT2D eigenvalue weighted by Crippen LogP contribution is 2.25. The standard InChI is InChI=1S/C24H29N5O3S/c1-17-18(2)33-23-22(17)24(32)29(16-26-23)15-20(30)25-10-6-9-21(31)28-13-11-27(12-14-28)19-7-4-3-5-8-19/h3-5,7-8,16H,6,9-15H2,1-2H3,(H,25,30). The van der Waals surface area contributed by atoms with E-state index >= 15 is 0 Å². The third kappa shape index (κ3) is 5.24. The zero-order chi connectivity index (χ0) is 23.4. The maximum atomic E-state index is 12.7. The zero-order valence-electron chi connectivity index (χ0n) is 19.0. The molecule has 3 aromatic rings. The molecule has 3 heterocycles. The van der Waals surface area contributed by atoms with Crippen molar-refractivity contribution in [1.29, 1.82) is 0 Å². The molecule has 0 spiro atoms. The number of hydrogen-bond donors (Lipinski definition) is 1. The first-order chi connectivity index (χ1) is 15.9. The van der Waals surface area contributed by atoms with Gasteiger partial charge in [0.15, 0.2) is 0 Å². The number of fused-ring (bicyclic) bond motifs is 1. The highest BCUT2D eigenvalue weighted by atomic mass is 32.1. The van der Waals surface area contributed by atoms with E-state index in [0.29, 0.717) is 42.7 Å². The molecule has 4 rings (SSSR count). The van der Waals surface area contributed by atoms with E-state index in [0.717, 1.165) is 23.5 Å². The van der Waals surface area contributed by atoms with Gasteiger partial charge >= 0.3 is 0 Å². The molecule has 1 saturated heterocycles. The molecular weight excluding hydrogens is 438 g/mol. The van der Waals surface area contributed by atoms with Gasteiger partial charge in [-0.15, -0.1) is 11.3 Å². The third-order valence-electron chi connectivity index (χ3n) is 6.11. The van der Waals surface area contributed by atoms with Crippen LogP contribution in [0.1, 0.15) is 23.3 Å². The number of nitrogens with zero attached hydrogens (tertiary/aromatic N) is 4. The first-order valence-electron chi connectivity index (χ1n) is 11.2. The molecule has 2 amide bonds. The largest absolute Gasteiger partial charge is 0.368 e. The van der Waals surface area contributed by atoms with Gasteiger partial charge in [0.2, 0.25) is 11.8 Å². The monoisotopic (exact) mass is 467 g/mol.